The molecule has 0 heterocycles. The molecule has 0 unspecified atom stereocenters. The number of amides is 2. The molecule has 42 heavy (non-hydrogen) atoms. The topological polar surface area (TPSA) is 86.8 Å². The van der Waals surface area contributed by atoms with Crippen LogP contribution in [0.25, 0.3) is 0 Å². The second kappa shape index (κ2) is 13.7. The van der Waals surface area contributed by atoms with Crippen LogP contribution in [0.2, 0.25) is 15.1 Å². The Hall–Kier alpha value is -2.78. The average Bonchev–Trinajstić information content (AvgIpc) is 2.89. The molecular formula is C31H36Cl3N3O4S. The summed E-state index contributed by atoms with van der Waals surface area (Å²) in [7, 11) is -4.22. The van der Waals surface area contributed by atoms with Crippen molar-refractivity contribution >= 4 is 62.3 Å². The predicted molar refractivity (Wildman–Crippen MR) is 171 cm³/mol. The molecule has 0 aromatic heterocycles. The van der Waals surface area contributed by atoms with Crippen molar-refractivity contribution < 1.29 is 18.0 Å². The Balaban J connectivity index is 2.14. The van der Waals surface area contributed by atoms with Gasteiger partial charge in [-0.1, -0.05) is 71.6 Å². The highest BCUT2D eigenvalue weighted by Crippen LogP contribution is 2.32. The Labute approximate surface area is 263 Å². The number of hydrogen-bond donors (Lipinski definition) is 1. The molecule has 3 rings (SSSR count). The number of carbonyl (C=O) groups excluding carboxylic acids is 2. The van der Waals surface area contributed by atoms with Gasteiger partial charge in [-0.15, -0.1) is 0 Å². The highest BCUT2D eigenvalue weighted by molar-refractivity contribution is 7.92. The highest BCUT2D eigenvalue weighted by Gasteiger charge is 2.35. The first kappa shape index (κ1) is 33.7. The summed E-state index contributed by atoms with van der Waals surface area (Å²) < 4.78 is 29.2. The molecule has 0 bridgehead atoms. The van der Waals surface area contributed by atoms with Gasteiger partial charge in [0, 0.05) is 27.2 Å². The summed E-state index contributed by atoms with van der Waals surface area (Å²) in [5, 5.41) is 4.04. The largest absolute Gasteiger partial charge is 0.350 e. The van der Waals surface area contributed by atoms with Gasteiger partial charge in [0.25, 0.3) is 10.0 Å². The first-order chi connectivity index (χ1) is 19.5. The molecule has 1 atom stereocenters. The van der Waals surface area contributed by atoms with Gasteiger partial charge < -0.3 is 10.2 Å². The van der Waals surface area contributed by atoms with Crippen LogP contribution in [0.1, 0.15) is 50.8 Å². The minimum atomic E-state index is -4.22. The average molecular weight is 653 g/mol. The molecule has 11 heteroatoms. The van der Waals surface area contributed by atoms with E-state index in [-0.39, 0.29) is 29.5 Å². The van der Waals surface area contributed by atoms with E-state index in [0.717, 1.165) is 9.87 Å². The van der Waals surface area contributed by atoms with E-state index in [0.29, 0.717) is 26.2 Å². The first-order valence-electron chi connectivity index (χ1n) is 13.4. The van der Waals surface area contributed by atoms with Gasteiger partial charge in [0.05, 0.1) is 10.6 Å². The van der Waals surface area contributed by atoms with Crippen LogP contribution in [-0.4, -0.2) is 43.3 Å². The summed E-state index contributed by atoms with van der Waals surface area (Å²) in [5.74, 6) is -0.956. The molecule has 3 aromatic carbocycles. The summed E-state index contributed by atoms with van der Waals surface area (Å²) in [4.78, 5) is 29.1. The van der Waals surface area contributed by atoms with Crippen LogP contribution < -0.4 is 9.62 Å². The van der Waals surface area contributed by atoms with Crippen LogP contribution >= 0.6 is 34.8 Å². The van der Waals surface area contributed by atoms with Crippen molar-refractivity contribution in [1.29, 1.82) is 0 Å². The standard InChI is InChI=1S/C31H36Cl3N3O4S/c1-7-27(30(39)35-31(4,5)6)36(18-22-13-14-23(32)17-26(22)34)29(38)19-37(28-10-8-9-25(33)21(28)3)42(40,41)24-15-11-20(2)12-16-24/h8-17,27H,7,18-19H2,1-6H3,(H,35,39)/t27-/m1/s1. The fourth-order valence-electron chi connectivity index (χ4n) is 4.42. The van der Waals surface area contributed by atoms with Crippen LogP contribution in [0, 0.1) is 13.8 Å². The molecule has 2 amide bonds. The van der Waals surface area contributed by atoms with E-state index >= 15 is 0 Å². The van der Waals surface area contributed by atoms with Gasteiger partial charge in [-0.05, 0) is 88.6 Å². The maximum Gasteiger partial charge on any atom is 0.264 e. The lowest BCUT2D eigenvalue weighted by molar-refractivity contribution is -0.141. The van der Waals surface area contributed by atoms with Gasteiger partial charge in [0.1, 0.15) is 12.6 Å². The van der Waals surface area contributed by atoms with Crippen LogP contribution in [0.3, 0.4) is 0 Å². The van der Waals surface area contributed by atoms with Crippen molar-refractivity contribution in [2.24, 2.45) is 0 Å². The van der Waals surface area contributed by atoms with Crippen molar-refractivity contribution in [2.45, 2.75) is 71.0 Å². The lowest BCUT2D eigenvalue weighted by Crippen LogP contribution is -2.55. The zero-order valence-electron chi connectivity index (χ0n) is 24.5. The molecule has 0 aliphatic carbocycles. The van der Waals surface area contributed by atoms with E-state index in [1.165, 1.54) is 17.0 Å². The molecule has 0 saturated heterocycles. The number of nitrogens with zero attached hydrogens (tertiary/aromatic N) is 2. The normalized spacial score (nSPS) is 12.5. The van der Waals surface area contributed by atoms with Crippen LogP contribution in [0.4, 0.5) is 5.69 Å². The van der Waals surface area contributed by atoms with Gasteiger partial charge in [-0.2, -0.15) is 0 Å². The molecule has 0 aliphatic rings. The highest BCUT2D eigenvalue weighted by atomic mass is 35.5. The Bertz CT molecular complexity index is 1550. The summed E-state index contributed by atoms with van der Waals surface area (Å²) in [6, 6.07) is 15.2. The van der Waals surface area contributed by atoms with Crippen molar-refractivity contribution in [3.63, 3.8) is 0 Å². The molecule has 3 aromatic rings. The fourth-order valence-corrected chi connectivity index (χ4v) is 6.53. The van der Waals surface area contributed by atoms with E-state index in [4.69, 9.17) is 34.8 Å². The first-order valence-corrected chi connectivity index (χ1v) is 16.0. The number of nitrogens with one attached hydrogen (secondary N) is 1. The number of benzene rings is 3. The Morgan fingerprint density at radius 3 is 2.14 bits per heavy atom. The van der Waals surface area contributed by atoms with E-state index in [1.807, 2.05) is 27.7 Å². The Kier molecular flexibility index (Phi) is 11.0. The molecule has 0 spiro atoms. The molecule has 0 radical (unpaired) electrons. The quantitative estimate of drug-likeness (QED) is 0.251. The summed E-state index contributed by atoms with van der Waals surface area (Å²) in [5.41, 5.74) is 1.64. The molecule has 0 fully saturated rings. The number of rotatable bonds is 10. The smallest absolute Gasteiger partial charge is 0.264 e. The molecule has 0 saturated carbocycles. The minimum Gasteiger partial charge on any atom is -0.350 e. The molecule has 0 aliphatic heterocycles. The van der Waals surface area contributed by atoms with Crippen LogP contribution in [0.5, 0.6) is 0 Å². The van der Waals surface area contributed by atoms with Gasteiger partial charge in [-0.3, -0.25) is 13.9 Å². The number of hydrogen-bond acceptors (Lipinski definition) is 4. The van der Waals surface area contributed by atoms with Gasteiger partial charge in [0.2, 0.25) is 11.8 Å². The summed E-state index contributed by atoms with van der Waals surface area (Å²) >= 11 is 19.0. The zero-order valence-corrected chi connectivity index (χ0v) is 27.6. The van der Waals surface area contributed by atoms with E-state index in [9.17, 15) is 18.0 Å². The van der Waals surface area contributed by atoms with Gasteiger partial charge in [0.15, 0.2) is 0 Å². The van der Waals surface area contributed by atoms with Crippen molar-refractivity contribution in [3.05, 3.63) is 92.4 Å². The second-order valence-electron chi connectivity index (χ2n) is 11.1. The van der Waals surface area contributed by atoms with Crippen LogP contribution in [0.15, 0.2) is 65.6 Å². The Morgan fingerprint density at radius 1 is 0.929 bits per heavy atom. The van der Waals surface area contributed by atoms with Crippen molar-refractivity contribution in [1.82, 2.24) is 10.2 Å². The van der Waals surface area contributed by atoms with E-state index in [1.54, 1.807) is 62.4 Å². The summed E-state index contributed by atoms with van der Waals surface area (Å²) in [6.45, 7) is 10.2. The van der Waals surface area contributed by atoms with Gasteiger partial charge >= 0.3 is 0 Å². The van der Waals surface area contributed by atoms with Gasteiger partial charge in [-0.25, -0.2) is 8.42 Å². The monoisotopic (exact) mass is 651 g/mol. The van der Waals surface area contributed by atoms with Crippen LogP contribution in [-0.2, 0) is 26.2 Å². The Morgan fingerprint density at radius 2 is 1.57 bits per heavy atom. The SMILES string of the molecule is CC[C@H](C(=O)NC(C)(C)C)N(Cc1ccc(Cl)cc1Cl)C(=O)CN(c1cccc(Cl)c1C)S(=O)(=O)c1ccc(C)cc1. The number of anilines is 1. The van der Waals surface area contributed by atoms with E-state index < -0.39 is 34.1 Å². The second-order valence-corrected chi connectivity index (χ2v) is 14.2. The number of carbonyl (C=O) groups is 2. The molecular weight excluding hydrogens is 617 g/mol. The van der Waals surface area contributed by atoms with Crippen molar-refractivity contribution in [2.75, 3.05) is 10.8 Å². The number of sulfonamides is 1. The summed E-state index contributed by atoms with van der Waals surface area (Å²) in [6.07, 6.45) is 0.278. The third kappa shape index (κ3) is 8.19. The maximum absolute atomic E-state index is 14.2. The lowest BCUT2D eigenvalue weighted by atomic mass is 10.1. The zero-order chi connectivity index (χ0) is 31.4. The molecule has 226 valence electrons. The number of aryl methyl sites for hydroxylation is 1. The lowest BCUT2D eigenvalue weighted by Gasteiger charge is -2.35. The minimum absolute atomic E-state index is 0.0186. The molecule has 1 N–H and O–H groups in total. The fraction of sp³-hybridized carbons (Fsp3) is 0.355. The maximum atomic E-state index is 14.2. The third-order valence-corrected chi connectivity index (χ3v) is 9.41. The number of halogens is 3. The van der Waals surface area contributed by atoms with E-state index in [2.05, 4.69) is 5.32 Å². The van der Waals surface area contributed by atoms with Crippen molar-refractivity contribution in [3.8, 4) is 0 Å². The predicted octanol–water partition coefficient (Wildman–Crippen LogP) is 7.18. The molecule has 7 nitrogen and oxygen atoms in total. The third-order valence-electron chi connectivity index (χ3n) is 6.64.